The van der Waals surface area contributed by atoms with Crippen LogP contribution in [0.15, 0.2) is 12.4 Å². The highest BCUT2D eigenvalue weighted by Crippen LogP contribution is 2.16. The molecule has 0 spiro atoms. The summed E-state index contributed by atoms with van der Waals surface area (Å²) in [6, 6.07) is -0.0673. The fourth-order valence-corrected chi connectivity index (χ4v) is 1.77. The molecule has 2 rings (SSSR count). The van der Waals surface area contributed by atoms with Gasteiger partial charge in [0.2, 0.25) is 0 Å². The molecule has 0 aliphatic rings. The largest absolute Gasteiger partial charge is 0.344 e. The fraction of sp³-hybridized carbons (Fsp3) is 0.455. The van der Waals surface area contributed by atoms with Crippen molar-refractivity contribution >= 4 is 5.91 Å². The van der Waals surface area contributed by atoms with Crippen molar-refractivity contribution in [2.24, 2.45) is 7.05 Å². The van der Waals surface area contributed by atoms with Gasteiger partial charge in [0.25, 0.3) is 5.91 Å². The number of hydrogen-bond donors (Lipinski definition) is 2. The predicted molar refractivity (Wildman–Crippen MR) is 64.8 cm³/mol. The van der Waals surface area contributed by atoms with Crippen molar-refractivity contribution in [1.29, 1.82) is 0 Å². The summed E-state index contributed by atoms with van der Waals surface area (Å²) < 4.78 is 1.71. The molecule has 2 aromatic rings. The molecule has 7 nitrogen and oxygen atoms in total. The zero-order chi connectivity index (χ0) is 13.1. The number of rotatable bonds is 4. The Balaban J connectivity index is 2.12. The van der Waals surface area contributed by atoms with Gasteiger partial charge in [0.1, 0.15) is 0 Å². The van der Waals surface area contributed by atoms with Crippen molar-refractivity contribution in [2.75, 3.05) is 0 Å². The van der Waals surface area contributed by atoms with Crippen LogP contribution in [0.5, 0.6) is 0 Å². The second kappa shape index (κ2) is 4.99. The van der Waals surface area contributed by atoms with E-state index in [0.717, 1.165) is 12.0 Å². The third-order valence-electron chi connectivity index (χ3n) is 2.78. The van der Waals surface area contributed by atoms with Crippen LogP contribution in [-0.4, -0.2) is 31.1 Å². The Morgan fingerprint density at radius 2 is 2.33 bits per heavy atom. The Morgan fingerprint density at radius 1 is 1.56 bits per heavy atom. The van der Waals surface area contributed by atoms with E-state index in [1.165, 1.54) is 0 Å². The quantitative estimate of drug-likeness (QED) is 0.834. The number of H-pyrrole nitrogens is 1. The minimum atomic E-state index is -0.225. The number of aromatic amines is 1. The molecule has 1 amide bonds. The molecule has 96 valence electrons. The normalized spacial score (nSPS) is 12.4. The average molecular weight is 248 g/mol. The highest BCUT2D eigenvalue weighted by Gasteiger charge is 2.18. The second-order valence-electron chi connectivity index (χ2n) is 4.14. The highest BCUT2D eigenvalue weighted by atomic mass is 16.2. The van der Waals surface area contributed by atoms with Gasteiger partial charge >= 0.3 is 0 Å². The molecular formula is C11H16N6O. The maximum absolute atomic E-state index is 12.0. The van der Waals surface area contributed by atoms with E-state index in [4.69, 9.17) is 0 Å². The monoisotopic (exact) mass is 248 g/mol. The highest BCUT2D eigenvalue weighted by molar-refractivity contribution is 5.93. The molecule has 18 heavy (non-hydrogen) atoms. The molecule has 1 unspecified atom stereocenters. The number of nitrogens with zero attached hydrogens (tertiary/aromatic N) is 4. The van der Waals surface area contributed by atoms with Crippen LogP contribution < -0.4 is 5.32 Å². The summed E-state index contributed by atoms with van der Waals surface area (Å²) in [5.41, 5.74) is 1.90. The number of carbonyl (C=O) groups excluding carboxylic acids is 1. The Kier molecular flexibility index (Phi) is 3.40. The van der Waals surface area contributed by atoms with Crippen LogP contribution in [0.2, 0.25) is 0 Å². The van der Waals surface area contributed by atoms with Crippen molar-refractivity contribution in [1.82, 2.24) is 30.5 Å². The average Bonchev–Trinajstić information content (AvgIpc) is 2.94. The third-order valence-corrected chi connectivity index (χ3v) is 2.78. The molecule has 0 bridgehead atoms. The van der Waals surface area contributed by atoms with E-state index in [-0.39, 0.29) is 11.9 Å². The van der Waals surface area contributed by atoms with E-state index in [1.54, 1.807) is 17.8 Å². The molecule has 2 N–H and O–H groups in total. The Labute approximate surface area is 105 Å². The molecule has 2 heterocycles. The molecule has 0 aliphatic carbocycles. The van der Waals surface area contributed by atoms with Crippen LogP contribution in [-0.2, 0) is 7.05 Å². The van der Waals surface area contributed by atoms with Gasteiger partial charge in [-0.15, -0.1) is 0 Å². The van der Waals surface area contributed by atoms with E-state index in [0.29, 0.717) is 11.4 Å². The maximum Gasteiger partial charge on any atom is 0.274 e. The van der Waals surface area contributed by atoms with Gasteiger partial charge in [-0.3, -0.25) is 9.48 Å². The summed E-state index contributed by atoms with van der Waals surface area (Å²) in [6.45, 7) is 3.75. The van der Waals surface area contributed by atoms with Gasteiger partial charge in [-0.05, 0) is 13.3 Å². The van der Waals surface area contributed by atoms with E-state index in [2.05, 4.69) is 25.8 Å². The first-order chi connectivity index (χ1) is 8.61. The van der Waals surface area contributed by atoms with Crippen molar-refractivity contribution in [3.8, 4) is 0 Å². The standard InChI is InChI=1S/C11H16N6O/c1-4-9(8-5-12-17(3)6-8)13-11(18)10-7(2)14-16-15-10/h5-6,9H,4H2,1-3H3,(H,13,18)(H,14,15,16). The lowest BCUT2D eigenvalue weighted by Crippen LogP contribution is -2.28. The molecule has 0 aromatic carbocycles. The number of aromatic nitrogens is 5. The zero-order valence-corrected chi connectivity index (χ0v) is 10.6. The molecule has 0 saturated carbocycles. The third kappa shape index (κ3) is 2.39. The van der Waals surface area contributed by atoms with Crippen molar-refractivity contribution in [3.05, 3.63) is 29.3 Å². The van der Waals surface area contributed by atoms with Gasteiger partial charge in [-0.25, -0.2) is 0 Å². The van der Waals surface area contributed by atoms with E-state index in [1.807, 2.05) is 20.2 Å². The maximum atomic E-state index is 12.0. The molecule has 2 aromatic heterocycles. The first-order valence-corrected chi connectivity index (χ1v) is 5.78. The minimum Gasteiger partial charge on any atom is -0.344 e. The first-order valence-electron chi connectivity index (χ1n) is 5.78. The van der Waals surface area contributed by atoms with E-state index >= 15 is 0 Å². The van der Waals surface area contributed by atoms with Crippen LogP contribution >= 0.6 is 0 Å². The molecule has 0 fully saturated rings. The number of amides is 1. The van der Waals surface area contributed by atoms with Gasteiger partial charge in [-0.1, -0.05) is 6.92 Å². The Bertz CT molecular complexity index is 543. The number of aryl methyl sites for hydroxylation is 2. The minimum absolute atomic E-state index is 0.0673. The Morgan fingerprint density at radius 3 is 2.83 bits per heavy atom. The Hall–Kier alpha value is -2.18. The molecule has 0 aliphatic heterocycles. The fourth-order valence-electron chi connectivity index (χ4n) is 1.77. The van der Waals surface area contributed by atoms with Gasteiger partial charge in [0.05, 0.1) is 17.9 Å². The van der Waals surface area contributed by atoms with Crippen molar-refractivity contribution in [3.63, 3.8) is 0 Å². The van der Waals surface area contributed by atoms with Crippen LogP contribution in [0.1, 0.15) is 41.1 Å². The topological polar surface area (TPSA) is 88.5 Å². The van der Waals surface area contributed by atoms with Gasteiger partial charge in [-0.2, -0.15) is 20.5 Å². The summed E-state index contributed by atoms with van der Waals surface area (Å²) in [7, 11) is 1.85. The predicted octanol–water partition coefficient (Wildman–Crippen LogP) is 0.728. The number of hydrogen-bond acceptors (Lipinski definition) is 4. The molecule has 0 radical (unpaired) electrons. The number of carbonyl (C=O) groups is 1. The molecule has 7 heteroatoms. The molecular weight excluding hydrogens is 232 g/mol. The van der Waals surface area contributed by atoms with Crippen LogP contribution in [0.25, 0.3) is 0 Å². The van der Waals surface area contributed by atoms with Gasteiger partial charge in [0, 0.05) is 18.8 Å². The number of nitrogens with one attached hydrogen (secondary N) is 2. The lowest BCUT2D eigenvalue weighted by molar-refractivity contribution is 0.0930. The SMILES string of the molecule is CCC(NC(=O)c1n[nH]nc1C)c1cnn(C)c1. The lowest BCUT2D eigenvalue weighted by Gasteiger charge is -2.14. The first kappa shape index (κ1) is 12.3. The summed E-state index contributed by atoms with van der Waals surface area (Å²) in [5, 5.41) is 17.1. The summed E-state index contributed by atoms with van der Waals surface area (Å²) in [4.78, 5) is 12.0. The van der Waals surface area contributed by atoms with Gasteiger partial charge < -0.3 is 5.32 Å². The van der Waals surface area contributed by atoms with Crippen LogP contribution in [0.4, 0.5) is 0 Å². The molecule has 0 saturated heterocycles. The van der Waals surface area contributed by atoms with Gasteiger partial charge in [0.15, 0.2) is 5.69 Å². The molecule has 1 atom stereocenters. The summed E-state index contributed by atoms with van der Waals surface area (Å²) >= 11 is 0. The van der Waals surface area contributed by atoms with Crippen molar-refractivity contribution in [2.45, 2.75) is 26.3 Å². The lowest BCUT2D eigenvalue weighted by atomic mass is 10.1. The van der Waals surface area contributed by atoms with Crippen molar-refractivity contribution < 1.29 is 4.79 Å². The smallest absolute Gasteiger partial charge is 0.274 e. The summed E-state index contributed by atoms with van der Waals surface area (Å²) in [6.07, 6.45) is 4.43. The van der Waals surface area contributed by atoms with E-state index < -0.39 is 0 Å². The van der Waals surface area contributed by atoms with Crippen LogP contribution in [0, 0.1) is 6.92 Å². The second-order valence-corrected chi connectivity index (χ2v) is 4.14. The van der Waals surface area contributed by atoms with E-state index in [9.17, 15) is 4.79 Å². The summed E-state index contributed by atoms with van der Waals surface area (Å²) in [5.74, 6) is -0.225. The zero-order valence-electron chi connectivity index (χ0n) is 10.6. The van der Waals surface area contributed by atoms with Crippen LogP contribution in [0.3, 0.4) is 0 Å².